The van der Waals surface area contributed by atoms with E-state index in [-0.39, 0.29) is 17.7 Å². The lowest BCUT2D eigenvalue weighted by Crippen LogP contribution is -2.50. The molecule has 3 atom stereocenters. The van der Waals surface area contributed by atoms with Crippen LogP contribution in [0.15, 0.2) is 35.1 Å². The molecule has 8 heteroatoms. The van der Waals surface area contributed by atoms with Crippen LogP contribution in [0.2, 0.25) is 0 Å². The van der Waals surface area contributed by atoms with Crippen LogP contribution in [0.25, 0.3) is 0 Å². The summed E-state index contributed by atoms with van der Waals surface area (Å²) in [7, 11) is 0. The van der Waals surface area contributed by atoms with E-state index in [4.69, 9.17) is 0 Å². The maximum atomic E-state index is 13.6. The van der Waals surface area contributed by atoms with Crippen LogP contribution in [-0.2, 0) is 4.79 Å². The summed E-state index contributed by atoms with van der Waals surface area (Å²) < 4.78 is 1.02. The topological polar surface area (TPSA) is 81.6 Å². The van der Waals surface area contributed by atoms with Gasteiger partial charge in [0.15, 0.2) is 0 Å². The first-order chi connectivity index (χ1) is 16.3. The zero-order valence-corrected chi connectivity index (χ0v) is 22.0. The van der Waals surface area contributed by atoms with Crippen LogP contribution in [0.1, 0.15) is 68.4 Å². The third kappa shape index (κ3) is 5.61. The van der Waals surface area contributed by atoms with Gasteiger partial charge in [-0.05, 0) is 55.5 Å². The maximum absolute atomic E-state index is 13.6. The Morgan fingerprint density at radius 3 is 2.56 bits per heavy atom. The minimum absolute atomic E-state index is 0.155. The minimum Gasteiger partial charge on any atom is -0.387 e. The molecule has 1 aliphatic heterocycles. The molecule has 4 rings (SSSR count). The van der Waals surface area contributed by atoms with Crippen molar-refractivity contribution in [2.75, 3.05) is 44.2 Å². The molecule has 0 spiro atoms. The standard InChI is InChI=1S/C26H36BrN5O2/c1-17(2)15-28-9-8-21(19-4-6-20(27)7-5-19)26(34)32-12-10-31(11-13-32)25-23-18(3)14-22(33)24(23)29-16-30-25/h4-7,16-18,21-22,28,33H,8-15H2,1-3H3/t18?,21-,22-/m1/s1. The number of fused-ring (bicyclic) bond motifs is 1. The maximum Gasteiger partial charge on any atom is 0.230 e. The third-order valence-electron chi connectivity index (χ3n) is 6.90. The summed E-state index contributed by atoms with van der Waals surface area (Å²) in [5, 5.41) is 13.8. The van der Waals surface area contributed by atoms with Gasteiger partial charge in [-0.25, -0.2) is 9.97 Å². The second-order valence-electron chi connectivity index (χ2n) is 9.95. The first-order valence-electron chi connectivity index (χ1n) is 12.4. The molecule has 1 amide bonds. The highest BCUT2D eigenvalue weighted by molar-refractivity contribution is 9.10. The fourth-order valence-corrected chi connectivity index (χ4v) is 5.34. The Hall–Kier alpha value is -2.03. The lowest BCUT2D eigenvalue weighted by atomic mass is 9.93. The molecule has 2 N–H and O–H groups in total. The Labute approximate surface area is 211 Å². The number of nitrogens with one attached hydrogen (secondary N) is 1. The number of aromatic nitrogens is 2. The largest absolute Gasteiger partial charge is 0.387 e. The SMILES string of the molecule is CC(C)CNCC[C@@H](C(=O)N1CCN(c2ncnc3c2C(C)C[C@H]3O)CC1)c1ccc(Br)cc1. The van der Waals surface area contributed by atoms with Crippen LogP contribution in [0.4, 0.5) is 5.82 Å². The zero-order chi connectivity index (χ0) is 24.2. The number of hydrogen-bond acceptors (Lipinski definition) is 6. The van der Waals surface area contributed by atoms with E-state index < -0.39 is 6.10 Å². The number of nitrogens with zero attached hydrogens (tertiary/aromatic N) is 4. The van der Waals surface area contributed by atoms with E-state index in [0.29, 0.717) is 25.4 Å². The van der Waals surface area contributed by atoms with Gasteiger partial charge < -0.3 is 20.2 Å². The minimum atomic E-state index is -0.509. The van der Waals surface area contributed by atoms with Crippen molar-refractivity contribution in [3.63, 3.8) is 0 Å². The Balaban J connectivity index is 1.43. The van der Waals surface area contributed by atoms with Gasteiger partial charge in [-0.1, -0.05) is 48.8 Å². The van der Waals surface area contributed by atoms with Gasteiger partial charge in [-0.3, -0.25) is 4.79 Å². The summed E-state index contributed by atoms with van der Waals surface area (Å²) in [6.07, 6.45) is 2.52. The van der Waals surface area contributed by atoms with Crippen LogP contribution in [0.5, 0.6) is 0 Å². The Morgan fingerprint density at radius 1 is 1.18 bits per heavy atom. The first-order valence-corrected chi connectivity index (χ1v) is 13.2. The first kappa shape index (κ1) is 25.1. The number of carbonyl (C=O) groups excluding carboxylic acids is 1. The third-order valence-corrected chi connectivity index (χ3v) is 7.43. The highest BCUT2D eigenvalue weighted by Crippen LogP contribution is 2.42. The van der Waals surface area contributed by atoms with E-state index in [2.05, 4.69) is 69.0 Å². The van der Waals surface area contributed by atoms with E-state index in [1.807, 2.05) is 17.0 Å². The fraction of sp³-hybridized carbons (Fsp3) is 0.577. The van der Waals surface area contributed by atoms with Gasteiger partial charge in [0.2, 0.25) is 5.91 Å². The van der Waals surface area contributed by atoms with Crippen molar-refractivity contribution in [2.45, 2.75) is 51.6 Å². The normalized spacial score (nSPS) is 21.1. The number of anilines is 1. The molecule has 34 heavy (non-hydrogen) atoms. The van der Waals surface area contributed by atoms with Crippen LogP contribution >= 0.6 is 15.9 Å². The van der Waals surface area contributed by atoms with E-state index >= 15 is 0 Å². The molecule has 1 unspecified atom stereocenters. The molecule has 1 aliphatic carbocycles. The molecule has 0 bridgehead atoms. The van der Waals surface area contributed by atoms with E-state index in [1.165, 1.54) is 0 Å². The molecular formula is C26H36BrN5O2. The predicted octanol–water partition coefficient (Wildman–Crippen LogP) is 3.85. The molecule has 1 aromatic carbocycles. The van der Waals surface area contributed by atoms with Gasteiger partial charge in [-0.15, -0.1) is 0 Å². The molecule has 0 saturated carbocycles. The predicted molar refractivity (Wildman–Crippen MR) is 138 cm³/mol. The Morgan fingerprint density at radius 2 is 1.88 bits per heavy atom. The summed E-state index contributed by atoms with van der Waals surface area (Å²) in [6.45, 7) is 11.1. The van der Waals surface area contributed by atoms with Crippen molar-refractivity contribution < 1.29 is 9.90 Å². The van der Waals surface area contributed by atoms with Crippen molar-refractivity contribution in [3.8, 4) is 0 Å². The highest BCUT2D eigenvalue weighted by atomic mass is 79.9. The summed E-state index contributed by atoms with van der Waals surface area (Å²) in [5.74, 6) is 1.79. The molecule has 1 fully saturated rings. The number of halogens is 1. The Bertz CT molecular complexity index is 976. The second-order valence-corrected chi connectivity index (χ2v) is 10.9. The number of carbonyl (C=O) groups is 1. The number of piperazine rings is 1. The molecule has 1 aromatic heterocycles. The number of amides is 1. The fourth-order valence-electron chi connectivity index (χ4n) is 5.08. The quantitative estimate of drug-likeness (QED) is 0.505. The summed E-state index contributed by atoms with van der Waals surface area (Å²) in [5.41, 5.74) is 2.90. The van der Waals surface area contributed by atoms with Gasteiger partial charge >= 0.3 is 0 Å². The summed E-state index contributed by atoms with van der Waals surface area (Å²) in [4.78, 5) is 26.8. The van der Waals surface area contributed by atoms with E-state index in [9.17, 15) is 9.90 Å². The van der Waals surface area contributed by atoms with Crippen LogP contribution in [-0.4, -0.2) is 65.2 Å². The van der Waals surface area contributed by atoms with Gasteiger partial charge in [0.25, 0.3) is 0 Å². The second kappa shape index (κ2) is 11.1. The van der Waals surface area contributed by atoms with Gasteiger partial charge in [0, 0.05) is 36.2 Å². The smallest absolute Gasteiger partial charge is 0.230 e. The van der Waals surface area contributed by atoms with Crippen molar-refractivity contribution in [1.29, 1.82) is 0 Å². The number of benzene rings is 1. The van der Waals surface area contributed by atoms with Crippen LogP contribution < -0.4 is 10.2 Å². The van der Waals surface area contributed by atoms with Crippen molar-refractivity contribution in [1.82, 2.24) is 20.2 Å². The zero-order valence-electron chi connectivity index (χ0n) is 20.4. The lowest BCUT2D eigenvalue weighted by Gasteiger charge is -2.38. The van der Waals surface area contributed by atoms with E-state index in [1.54, 1.807) is 6.33 Å². The highest BCUT2D eigenvalue weighted by Gasteiger charge is 2.35. The number of rotatable bonds is 8. The molecule has 1 saturated heterocycles. The summed E-state index contributed by atoms with van der Waals surface area (Å²) in [6, 6.07) is 8.14. The average Bonchev–Trinajstić information content (AvgIpc) is 3.13. The van der Waals surface area contributed by atoms with Crippen molar-refractivity contribution in [3.05, 3.63) is 51.9 Å². The molecule has 0 radical (unpaired) electrons. The van der Waals surface area contributed by atoms with Crippen LogP contribution in [0, 0.1) is 5.92 Å². The molecule has 184 valence electrons. The number of aliphatic hydroxyl groups excluding tert-OH is 1. The average molecular weight is 531 g/mol. The van der Waals surface area contributed by atoms with Crippen molar-refractivity contribution >= 4 is 27.7 Å². The molecule has 2 heterocycles. The number of aliphatic hydroxyl groups is 1. The lowest BCUT2D eigenvalue weighted by molar-refractivity contribution is -0.133. The molecule has 7 nitrogen and oxygen atoms in total. The Kier molecular flexibility index (Phi) is 8.22. The van der Waals surface area contributed by atoms with Gasteiger partial charge in [0.05, 0.1) is 17.7 Å². The summed E-state index contributed by atoms with van der Waals surface area (Å²) >= 11 is 3.51. The van der Waals surface area contributed by atoms with Crippen molar-refractivity contribution in [2.24, 2.45) is 5.92 Å². The van der Waals surface area contributed by atoms with E-state index in [0.717, 1.165) is 59.7 Å². The van der Waals surface area contributed by atoms with Crippen LogP contribution in [0.3, 0.4) is 0 Å². The molecule has 2 aromatic rings. The molecule has 2 aliphatic rings. The van der Waals surface area contributed by atoms with Gasteiger partial charge in [0.1, 0.15) is 12.1 Å². The number of hydrogen-bond donors (Lipinski definition) is 2. The monoisotopic (exact) mass is 529 g/mol. The molecular weight excluding hydrogens is 494 g/mol. The van der Waals surface area contributed by atoms with Gasteiger partial charge in [-0.2, -0.15) is 0 Å².